The Kier molecular flexibility index (Phi) is 6.73. The van der Waals surface area contributed by atoms with E-state index >= 15 is 0 Å². The first-order chi connectivity index (χ1) is 13.6. The minimum absolute atomic E-state index is 0.0256. The van der Waals surface area contributed by atoms with Crippen LogP contribution in [0.15, 0.2) is 30.3 Å². The van der Waals surface area contributed by atoms with Crippen LogP contribution >= 0.6 is 0 Å². The Morgan fingerprint density at radius 2 is 1.83 bits per heavy atom. The summed E-state index contributed by atoms with van der Waals surface area (Å²) < 4.78 is 17.8. The summed E-state index contributed by atoms with van der Waals surface area (Å²) in [5, 5.41) is 3.35. The van der Waals surface area contributed by atoms with Gasteiger partial charge in [-0.05, 0) is 52.4 Å². The molecule has 160 valence electrons. The largest absolute Gasteiger partial charge is 0.459 e. The molecular formula is C22H35BN2O4. The van der Waals surface area contributed by atoms with E-state index in [4.69, 9.17) is 19.8 Å². The zero-order chi connectivity index (χ0) is 21.1. The summed E-state index contributed by atoms with van der Waals surface area (Å²) >= 11 is 0. The van der Waals surface area contributed by atoms with Crippen LogP contribution in [0.4, 0.5) is 0 Å². The van der Waals surface area contributed by atoms with Gasteiger partial charge in [-0.1, -0.05) is 43.2 Å². The van der Waals surface area contributed by atoms with Gasteiger partial charge >= 0.3 is 13.1 Å². The molecule has 0 saturated carbocycles. The zero-order valence-electron chi connectivity index (χ0n) is 18.2. The predicted molar refractivity (Wildman–Crippen MR) is 114 cm³/mol. The highest BCUT2D eigenvalue weighted by molar-refractivity contribution is 6.45. The van der Waals surface area contributed by atoms with E-state index in [2.05, 4.69) is 33.0 Å². The molecule has 2 fully saturated rings. The van der Waals surface area contributed by atoms with Crippen LogP contribution in [-0.4, -0.2) is 42.4 Å². The summed E-state index contributed by atoms with van der Waals surface area (Å²) in [6.07, 6.45) is 3.92. The second-order valence-electron chi connectivity index (χ2n) is 9.42. The fraction of sp³-hybridized carbons (Fsp3) is 0.682. The van der Waals surface area contributed by atoms with Crippen molar-refractivity contribution in [3.8, 4) is 0 Å². The van der Waals surface area contributed by atoms with Gasteiger partial charge in [0, 0.05) is 12.6 Å². The van der Waals surface area contributed by atoms with E-state index in [1.54, 1.807) is 0 Å². The summed E-state index contributed by atoms with van der Waals surface area (Å²) in [6, 6.07) is 9.72. The number of carbonyl (C=O) groups is 1. The first-order valence-electron chi connectivity index (χ1n) is 10.7. The molecule has 0 amide bonds. The molecule has 1 aromatic carbocycles. The molecule has 0 spiro atoms. The van der Waals surface area contributed by atoms with Gasteiger partial charge in [-0.15, -0.1) is 0 Å². The Hall–Kier alpha value is -1.41. The second-order valence-corrected chi connectivity index (χ2v) is 9.42. The van der Waals surface area contributed by atoms with Gasteiger partial charge in [-0.3, -0.25) is 4.79 Å². The smallest absolute Gasteiger partial charge is 0.457 e. The van der Waals surface area contributed by atoms with Crippen LogP contribution in [0.1, 0.15) is 58.9 Å². The van der Waals surface area contributed by atoms with Crippen molar-refractivity contribution in [2.75, 3.05) is 6.54 Å². The molecule has 1 unspecified atom stereocenters. The Bertz CT molecular complexity index is 681. The first-order valence-corrected chi connectivity index (χ1v) is 10.7. The SMILES string of the molecule is CC1(C)OB(CCCCC2(C(=O)OCc3ccccc3)C[C@@H](N)CN2)OC1(C)C. The van der Waals surface area contributed by atoms with E-state index in [1.807, 2.05) is 30.3 Å². The van der Waals surface area contributed by atoms with E-state index in [9.17, 15) is 4.79 Å². The van der Waals surface area contributed by atoms with E-state index in [-0.39, 0.29) is 36.9 Å². The molecule has 2 atom stereocenters. The van der Waals surface area contributed by atoms with Gasteiger partial charge in [-0.25, -0.2) is 0 Å². The molecule has 6 nitrogen and oxygen atoms in total. The summed E-state index contributed by atoms with van der Waals surface area (Å²) in [7, 11) is -0.195. The molecule has 0 aromatic heterocycles. The molecule has 7 heteroatoms. The number of benzene rings is 1. The highest BCUT2D eigenvalue weighted by Gasteiger charge is 2.50. The molecule has 2 aliphatic rings. The average Bonchev–Trinajstić information content (AvgIpc) is 3.14. The molecule has 3 N–H and O–H groups in total. The fourth-order valence-electron chi connectivity index (χ4n) is 4.05. The van der Waals surface area contributed by atoms with E-state index in [0.29, 0.717) is 19.4 Å². The number of hydrogen-bond donors (Lipinski definition) is 2. The molecule has 2 saturated heterocycles. The molecule has 2 heterocycles. The molecule has 0 radical (unpaired) electrons. The van der Waals surface area contributed by atoms with Crippen molar-refractivity contribution in [1.29, 1.82) is 0 Å². The normalized spacial score (nSPS) is 27.9. The predicted octanol–water partition coefficient (Wildman–Crippen LogP) is 3.05. The lowest BCUT2D eigenvalue weighted by atomic mass is 9.80. The number of ether oxygens (including phenoxy) is 1. The lowest BCUT2D eigenvalue weighted by molar-refractivity contribution is -0.153. The number of carbonyl (C=O) groups excluding carboxylic acids is 1. The maximum Gasteiger partial charge on any atom is 0.457 e. The van der Waals surface area contributed by atoms with Crippen LogP contribution in [0.5, 0.6) is 0 Å². The Morgan fingerprint density at radius 1 is 1.17 bits per heavy atom. The lowest BCUT2D eigenvalue weighted by Crippen LogP contribution is -2.48. The fourth-order valence-corrected chi connectivity index (χ4v) is 4.05. The lowest BCUT2D eigenvalue weighted by Gasteiger charge is -2.32. The van der Waals surface area contributed by atoms with E-state index in [1.165, 1.54) is 0 Å². The molecule has 3 rings (SSSR count). The van der Waals surface area contributed by atoms with Gasteiger partial charge < -0.3 is 25.1 Å². The van der Waals surface area contributed by atoms with Crippen LogP contribution < -0.4 is 11.1 Å². The molecular weight excluding hydrogens is 367 g/mol. The minimum atomic E-state index is -0.690. The monoisotopic (exact) mass is 402 g/mol. The standard InChI is InChI=1S/C22H35BN2O4/c1-20(2)21(3,4)29-23(28-20)13-9-8-12-22(14-18(24)15-25-22)19(26)27-16-17-10-6-5-7-11-17/h5-7,10-11,18,25H,8-9,12-16,24H2,1-4H3/t18-,22?/m1/s1. The highest BCUT2D eigenvalue weighted by atomic mass is 16.7. The summed E-state index contributed by atoms with van der Waals surface area (Å²) in [5.41, 5.74) is 5.79. The number of nitrogens with two attached hydrogens (primary N) is 1. The average molecular weight is 402 g/mol. The second kappa shape index (κ2) is 8.76. The third-order valence-corrected chi connectivity index (χ3v) is 6.51. The number of rotatable bonds is 8. The first kappa shape index (κ1) is 22.3. The maximum atomic E-state index is 12.9. The number of esters is 1. The molecule has 2 aliphatic heterocycles. The highest BCUT2D eigenvalue weighted by Crippen LogP contribution is 2.38. The van der Waals surface area contributed by atoms with Crippen LogP contribution in [-0.2, 0) is 25.4 Å². The van der Waals surface area contributed by atoms with Crippen molar-refractivity contribution in [2.45, 2.75) is 89.1 Å². The van der Waals surface area contributed by atoms with Crippen LogP contribution in [0.25, 0.3) is 0 Å². The number of nitrogens with one attached hydrogen (secondary N) is 1. The third-order valence-electron chi connectivity index (χ3n) is 6.51. The van der Waals surface area contributed by atoms with E-state index < -0.39 is 5.54 Å². The van der Waals surface area contributed by atoms with Crippen molar-refractivity contribution in [3.63, 3.8) is 0 Å². The minimum Gasteiger partial charge on any atom is -0.459 e. The molecule has 1 aromatic rings. The number of hydrogen-bond acceptors (Lipinski definition) is 6. The summed E-state index contributed by atoms with van der Waals surface area (Å²) in [5.74, 6) is -0.204. The third kappa shape index (κ3) is 5.20. The quantitative estimate of drug-likeness (QED) is 0.395. The van der Waals surface area contributed by atoms with Gasteiger partial charge in [0.1, 0.15) is 12.1 Å². The topological polar surface area (TPSA) is 82.8 Å². The van der Waals surface area contributed by atoms with Crippen LogP contribution in [0.3, 0.4) is 0 Å². The van der Waals surface area contributed by atoms with Gasteiger partial charge in [0.2, 0.25) is 0 Å². The zero-order valence-corrected chi connectivity index (χ0v) is 18.2. The summed E-state index contributed by atoms with van der Waals surface area (Å²) in [4.78, 5) is 12.9. The van der Waals surface area contributed by atoms with Gasteiger partial charge in [0.15, 0.2) is 0 Å². The van der Waals surface area contributed by atoms with Crippen molar-refractivity contribution in [1.82, 2.24) is 5.32 Å². The molecule has 0 bridgehead atoms. The van der Waals surface area contributed by atoms with Gasteiger partial charge in [0.25, 0.3) is 0 Å². The van der Waals surface area contributed by atoms with Crippen LogP contribution in [0, 0.1) is 0 Å². The van der Waals surface area contributed by atoms with Crippen molar-refractivity contribution < 1.29 is 18.8 Å². The van der Waals surface area contributed by atoms with Crippen molar-refractivity contribution >= 4 is 13.1 Å². The van der Waals surface area contributed by atoms with Gasteiger partial charge in [0.05, 0.1) is 11.2 Å². The van der Waals surface area contributed by atoms with Crippen molar-refractivity contribution in [3.05, 3.63) is 35.9 Å². The number of unbranched alkanes of at least 4 members (excludes halogenated alkanes) is 1. The summed E-state index contributed by atoms with van der Waals surface area (Å²) in [6.45, 7) is 9.18. The Labute approximate surface area is 175 Å². The Balaban J connectivity index is 1.49. The maximum absolute atomic E-state index is 12.9. The van der Waals surface area contributed by atoms with Crippen LogP contribution in [0.2, 0.25) is 6.32 Å². The molecule has 29 heavy (non-hydrogen) atoms. The van der Waals surface area contributed by atoms with Gasteiger partial charge in [-0.2, -0.15) is 0 Å². The Morgan fingerprint density at radius 3 is 2.41 bits per heavy atom. The van der Waals surface area contributed by atoms with Crippen molar-refractivity contribution in [2.24, 2.45) is 5.73 Å². The van der Waals surface area contributed by atoms with E-state index in [0.717, 1.165) is 24.7 Å². The molecule has 0 aliphatic carbocycles.